The molecule has 0 radical (unpaired) electrons. The van der Waals surface area contributed by atoms with E-state index in [4.69, 9.17) is 0 Å². The molecular weight excluding hydrogens is 1060 g/mol. The predicted octanol–water partition coefficient (Wildman–Crippen LogP) is 23.4. The van der Waals surface area contributed by atoms with Crippen LogP contribution in [0.15, 0.2) is 352 Å². The largest absolute Gasteiger partial charge is 0.333 e. The van der Waals surface area contributed by atoms with Gasteiger partial charge in [0.2, 0.25) is 0 Å². The Morgan fingerprint density at radius 3 is 1.12 bits per heavy atom. The monoisotopic (exact) mass is 1120 g/mol. The van der Waals surface area contributed by atoms with Crippen molar-refractivity contribution in [2.45, 2.75) is 12.0 Å². The number of anilines is 5. The molecule has 1 heterocycles. The lowest BCUT2D eigenvalue weighted by Crippen LogP contribution is -2.29. The normalized spacial score (nSPS) is 14.1. The summed E-state index contributed by atoms with van der Waals surface area (Å²) in [6.07, 6.45) is 7.32. The van der Waals surface area contributed by atoms with Crippen molar-refractivity contribution in [2.24, 2.45) is 0 Å². The third kappa shape index (κ3) is 9.49. The van der Waals surface area contributed by atoms with E-state index in [2.05, 4.69) is 362 Å². The van der Waals surface area contributed by atoms with Gasteiger partial charge in [-0.05, 0) is 177 Å². The van der Waals surface area contributed by atoms with Crippen LogP contribution in [0.2, 0.25) is 0 Å². The second kappa shape index (κ2) is 22.6. The maximum Gasteiger partial charge on any atom is 0.0630 e. The molecule has 2 aliphatic rings. The van der Waals surface area contributed by atoms with Crippen molar-refractivity contribution >= 4 is 55.6 Å². The van der Waals surface area contributed by atoms with E-state index in [1.807, 2.05) is 0 Å². The highest BCUT2D eigenvalue weighted by molar-refractivity contribution is 6.21. The van der Waals surface area contributed by atoms with Gasteiger partial charge >= 0.3 is 0 Å². The number of fused-ring (bicyclic) bond motifs is 5. The predicted molar refractivity (Wildman–Crippen MR) is 373 cm³/mol. The quantitative estimate of drug-likeness (QED) is 0.113. The Balaban J connectivity index is 0.720. The van der Waals surface area contributed by atoms with Crippen molar-refractivity contribution in [2.75, 3.05) is 9.80 Å². The summed E-state index contributed by atoms with van der Waals surface area (Å²) in [5.41, 5.74) is 26.5. The third-order valence-electron chi connectivity index (χ3n) is 18.0. The lowest BCUT2D eigenvalue weighted by molar-refractivity contribution is 0.747. The number of hydrogen-bond acceptors (Lipinski definition) is 2. The van der Waals surface area contributed by atoms with Gasteiger partial charge in [-0.25, -0.2) is 0 Å². The van der Waals surface area contributed by atoms with Crippen molar-refractivity contribution in [1.82, 2.24) is 0 Å². The summed E-state index contributed by atoms with van der Waals surface area (Å²) in [4.78, 5) is 4.92. The van der Waals surface area contributed by atoms with Crippen molar-refractivity contribution in [3.63, 3.8) is 0 Å². The number of hydrogen-bond donors (Lipinski definition) is 0. The zero-order valence-electron chi connectivity index (χ0n) is 48.5. The lowest BCUT2D eigenvalue weighted by atomic mass is 9.83. The van der Waals surface area contributed by atoms with Gasteiger partial charge in [0.05, 0.1) is 6.04 Å². The Bertz CT molecular complexity index is 4860. The number of para-hydroxylation sites is 1. The highest BCUT2D eigenvalue weighted by atomic mass is 15.2. The van der Waals surface area contributed by atoms with Crippen molar-refractivity contribution < 1.29 is 0 Å². The van der Waals surface area contributed by atoms with Crippen LogP contribution >= 0.6 is 0 Å². The molecule has 2 heteroatoms. The van der Waals surface area contributed by atoms with Gasteiger partial charge in [0, 0.05) is 34.4 Å². The molecule has 414 valence electrons. The van der Waals surface area contributed by atoms with Gasteiger partial charge in [-0.15, -0.1) is 0 Å². The fourth-order valence-corrected chi connectivity index (χ4v) is 13.9. The summed E-state index contributed by atoms with van der Waals surface area (Å²) in [6, 6.07) is 122. The van der Waals surface area contributed by atoms with Crippen LogP contribution < -0.4 is 9.80 Å². The Morgan fingerprint density at radius 1 is 0.273 bits per heavy atom. The molecule has 2 unspecified atom stereocenters. The number of rotatable bonds is 12. The van der Waals surface area contributed by atoms with Gasteiger partial charge in [-0.1, -0.05) is 291 Å². The molecule has 0 amide bonds. The van der Waals surface area contributed by atoms with Crippen LogP contribution in [0.25, 0.3) is 105 Å². The molecule has 0 fully saturated rings. The van der Waals surface area contributed by atoms with Gasteiger partial charge in [0.1, 0.15) is 0 Å². The van der Waals surface area contributed by atoms with Crippen LogP contribution in [0.3, 0.4) is 0 Å². The summed E-state index contributed by atoms with van der Waals surface area (Å²) < 4.78 is 0. The summed E-state index contributed by atoms with van der Waals surface area (Å²) >= 11 is 0. The molecule has 0 bridgehead atoms. The van der Waals surface area contributed by atoms with Gasteiger partial charge in [-0.3, -0.25) is 0 Å². The molecule has 16 rings (SSSR count). The van der Waals surface area contributed by atoms with Crippen LogP contribution in [0, 0.1) is 0 Å². The highest BCUT2D eigenvalue weighted by Crippen LogP contribution is 2.52. The average Bonchev–Trinajstić information content (AvgIpc) is 2.03. The standard InChI is InChI=1S/C86H60N2/c1-5-21-59(22-6-1)60-37-41-65(42-38-60)85-77-33-17-19-35-79(77)86(80-36-20-18-34-78(80)85)66-43-39-61(40-44-66)62-45-49-70(50-46-62)87(69-27-11-4-12-28-69)71-51-53-72(54-52-71)88-83-55-47-67(75-31-15-13-29-73(75)63-23-7-2-8-24-63)57-81(83)82-58-68(48-56-84(82)88)76-32-16-14-30-74(76)64-25-9-3-10-26-64/h1-58,81,83H. The molecule has 0 N–H and O–H groups in total. The van der Waals surface area contributed by atoms with E-state index < -0.39 is 0 Å². The Hall–Kier alpha value is -11.3. The van der Waals surface area contributed by atoms with Crippen LogP contribution in [0.1, 0.15) is 17.0 Å². The molecule has 0 aromatic heterocycles. The lowest BCUT2D eigenvalue weighted by Gasteiger charge is -2.31. The van der Waals surface area contributed by atoms with E-state index in [1.165, 1.54) is 116 Å². The number of allylic oxidation sites excluding steroid dienone is 2. The zero-order valence-corrected chi connectivity index (χ0v) is 48.5. The highest BCUT2D eigenvalue weighted by Gasteiger charge is 2.39. The minimum absolute atomic E-state index is 0.0773. The van der Waals surface area contributed by atoms with Gasteiger partial charge in [0.15, 0.2) is 0 Å². The first-order valence-corrected chi connectivity index (χ1v) is 30.6. The molecule has 0 saturated carbocycles. The summed E-state index contributed by atoms with van der Waals surface area (Å²) in [5, 5.41) is 5.00. The molecule has 14 aromatic rings. The van der Waals surface area contributed by atoms with Crippen molar-refractivity contribution in [3.05, 3.63) is 363 Å². The minimum Gasteiger partial charge on any atom is -0.333 e. The van der Waals surface area contributed by atoms with Crippen LogP contribution in [-0.4, -0.2) is 6.04 Å². The van der Waals surface area contributed by atoms with E-state index in [9.17, 15) is 0 Å². The minimum atomic E-state index is 0.0773. The van der Waals surface area contributed by atoms with E-state index in [0.29, 0.717) is 0 Å². The third-order valence-corrected chi connectivity index (χ3v) is 18.0. The van der Waals surface area contributed by atoms with Crippen LogP contribution in [-0.2, 0) is 0 Å². The smallest absolute Gasteiger partial charge is 0.0630 e. The van der Waals surface area contributed by atoms with E-state index >= 15 is 0 Å². The number of nitrogens with zero attached hydrogens (tertiary/aromatic N) is 2. The fraction of sp³-hybridized carbons (Fsp3) is 0.0233. The molecule has 0 saturated heterocycles. The maximum atomic E-state index is 2.56. The second-order valence-electron chi connectivity index (χ2n) is 23.1. The van der Waals surface area contributed by atoms with E-state index in [-0.39, 0.29) is 12.0 Å². The van der Waals surface area contributed by atoms with Crippen molar-refractivity contribution in [1.29, 1.82) is 0 Å². The molecule has 0 spiro atoms. The second-order valence-corrected chi connectivity index (χ2v) is 23.1. The summed E-state index contributed by atoms with van der Waals surface area (Å²) in [6.45, 7) is 0. The molecular formula is C86H60N2. The van der Waals surface area contributed by atoms with Gasteiger partial charge in [-0.2, -0.15) is 0 Å². The van der Waals surface area contributed by atoms with E-state index in [0.717, 1.165) is 28.3 Å². The average molecular weight is 1120 g/mol. The first kappa shape index (κ1) is 52.3. The van der Waals surface area contributed by atoms with E-state index in [1.54, 1.807) is 0 Å². The van der Waals surface area contributed by atoms with Crippen molar-refractivity contribution in [3.8, 4) is 77.9 Å². The molecule has 14 aromatic carbocycles. The molecule has 2 nitrogen and oxygen atoms in total. The first-order chi connectivity index (χ1) is 43.7. The number of benzene rings is 14. The van der Waals surface area contributed by atoms with Gasteiger partial charge in [0.25, 0.3) is 0 Å². The fourth-order valence-electron chi connectivity index (χ4n) is 13.9. The Morgan fingerprint density at radius 2 is 0.625 bits per heavy atom. The molecule has 1 aliphatic heterocycles. The zero-order chi connectivity index (χ0) is 58.3. The molecule has 88 heavy (non-hydrogen) atoms. The first-order valence-electron chi connectivity index (χ1n) is 30.6. The molecule has 2 atom stereocenters. The summed E-state index contributed by atoms with van der Waals surface area (Å²) in [5.74, 6) is 0.110. The SMILES string of the molecule is C1=CC2C(C=C1c1ccccc1-c1ccccc1)c1cc(-c3ccccc3-c3ccccc3)ccc1N2c1ccc(N(c2ccccc2)c2ccc(-c3ccc(-c4c5ccccc5c(-c5ccc(-c6ccccc6)cc5)c5ccccc45)cc3)cc2)cc1. The van der Waals surface area contributed by atoms with Crippen LogP contribution in [0.5, 0.6) is 0 Å². The topological polar surface area (TPSA) is 6.48 Å². The van der Waals surface area contributed by atoms with Crippen LogP contribution in [0.4, 0.5) is 28.4 Å². The van der Waals surface area contributed by atoms with Gasteiger partial charge < -0.3 is 9.80 Å². The Labute approximate surface area is 515 Å². The summed E-state index contributed by atoms with van der Waals surface area (Å²) in [7, 11) is 0. The molecule has 1 aliphatic carbocycles. The Kier molecular flexibility index (Phi) is 13.4. The maximum absolute atomic E-state index is 2.56.